The maximum Gasteiger partial charge on any atom is 0.253 e. The molecule has 0 aliphatic heterocycles. The third-order valence-electron chi connectivity index (χ3n) is 2.56. The molecule has 0 aromatic heterocycles. The van der Waals surface area contributed by atoms with Crippen LogP contribution in [0.5, 0.6) is 0 Å². The maximum absolute atomic E-state index is 13.6. The summed E-state index contributed by atoms with van der Waals surface area (Å²) < 4.78 is 13.6. The Morgan fingerprint density at radius 1 is 1.50 bits per heavy atom. The Hall–Kier alpha value is -1.23. The molecule has 0 bridgehead atoms. The maximum atomic E-state index is 13.6. The Morgan fingerprint density at radius 3 is 2.83 bits per heavy atom. The highest BCUT2D eigenvalue weighted by Gasteiger charge is 2.14. The van der Waals surface area contributed by atoms with Crippen molar-refractivity contribution in [2.75, 3.05) is 24.7 Å². The lowest BCUT2D eigenvalue weighted by Gasteiger charge is -2.13. The molecule has 1 rings (SSSR count). The van der Waals surface area contributed by atoms with Gasteiger partial charge in [0.1, 0.15) is 5.82 Å². The van der Waals surface area contributed by atoms with Crippen molar-refractivity contribution in [3.8, 4) is 0 Å². The quantitative estimate of drug-likeness (QED) is 0.835. The fourth-order valence-corrected chi connectivity index (χ4v) is 1.73. The van der Waals surface area contributed by atoms with E-state index in [2.05, 4.69) is 10.6 Å². The highest BCUT2D eigenvalue weighted by Crippen LogP contribution is 2.19. The number of halogens is 1. The Bertz CT molecular complexity index is 412. The fourth-order valence-electron chi connectivity index (χ4n) is 1.48. The van der Waals surface area contributed by atoms with Crippen LogP contribution in [0.4, 0.5) is 10.1 Å². The zero-order valence-electron chi connectivity index (χ0n) is 10.9. The zero-order chi connectivity index (χ0) is 13.5. The number of amides is 1. The van der Waals surface area contributed by atoms with E-state index in [1.54, 1.807) is 23.9 Å². The molecule has 100 valence electrons. The van der Waals surface area contributed by atoms with Gasteiger partial charge in [0.05, 0.1) is 11.3 Å². The Balaban J connectivity index is 2.81. The minimum absolute atomic E-state index is 0.244. The summed E-state index contributed by atoms with van der Waals surface area (Å²) in [7, 11) is 0. The summed E-state index contributed by atoms with van der Waals surface area (Å²) in [5, 5.41) is 6.03. The van der Waals surface area contributed by atoms with E-state index in [9.17, 15) is 9.18 Å². The van der Waals surface area contributed by atoms with Gasteiger partial charge < -0.3 is 10.6 Å². The Kier molecular flexibility index (Phi) is 5.98. The van der Waals surface area contributed by atoms with Crippen LogP contribution in [-0.4, -0.2) is 30.5 Å². The number of hydrogen-bond acceptors (Lipinski definition) is 3. The van der Waals surface area contributed by atoms with E-state index in [1.165, 1.54) is 6.07 Å². The van der Waals surface area contributed by atoms with Crippen molar-refractivity contribution in [3.63, 3.8) is 0 Å². The second-order valence-corrected chi connectivity index (χ2v) is 5.23. The monoisotopic (exact) mass is 270 g/mol. The average molecular weight is 270 g/mol. The molecule has 0 heterocycles. The van der Waals surface area contributed by atoms with E-state index >= 15 is 0 Å². The van der Waals surface area contributed by atoms with Crippen molar-refractivity contribution in [2.45, 2.75) is 19.1 Å². The van der Waals surface area contributed by atoms with Gasteiger partial charge in [-0.25, -0.2) is 4.39 Å². The number of para-hydroxylation sites is 1. The zero-order valence-corrected chi connectivity index (χ0v) is 11.7. The molecule has 1 aromatic carbocycles. The van der Waals surface area contributed by atoms with E-state index in [0.29, 0.717) is 23.9 Å². The van der Waals surface area contributed by atoms with Crippen LogP contribution in [0, 0.1) is 5.82 Å². The predicted octanol–water partition coefficient (Wildman–Crippen LogP) is 2.74. The molecule has 0 saturated carbocycles. The van der Waals surface area contributed by atoms with Crippen molar-refractivity contribution in [1.29, 1.82) is 0 Å². The largest absolute Gasteiger partial charge is 0.382 e. The van der Waals surface area contributed by atoms with Crippen LogP contribution >= 0.6 is 11.8 Å². The predicted molar refractivity (Wildman–Crippen MR) is 75.9 cm³/mol. The van der Waals surface area contributed by atoms with Crippen LogP contribution in [0.3, 0.4) is 0 Å². The van der Waals surface area contributed by atoms with E-state index in [4.69, 9.17) is 0 Å². The number of rotatable bonds is 6. The summed E-state index contributed by atoms with van der Waals surface area (Å²) in [6, 6.07) is 4.52. The topological polar surface area (TPSA) is 41.1 Å². The molecule has 0 spiro atoms. The van der Waals surface area contributed by atoms with E-state index in [-0.39, 0.29) is 11.6 Å². The van der Waals surface area contributed by atoms with Crippen molar-refractivity contribution >= 4 is 23.4 Å². The van der Waals surface area contributed by atoms with E-state index in [0.717, 1.165) is 0 Å². The summed E-state index contributed by atoms with van der Waals surface area (Å²) in [6.45, 7) is 5.04. The molecule has 1 amide bonds. The summed E-state index contributed by atoms with van der Waals surface area (Å²) in [4.78, 5) is 12.0. The molecule has 18 heavy (non-hydrogen) atoms. The van der Waals surface area contributed by atoms with Crippen LogP contribution in [0.15, 0.2) is 18.2 Å². The van der Waals surface area contributed by atoms with E-state index in [1.807, 2.05) is 20.1 Å². The standard InChI is InChI=1S/C13H19FN2OS/c1-4-15-12-10(6-5-7-11(12)14)13(17)16-8-9(2)18-3/h5-7,9,15H,4,8H2,1-3H3,(H,16,17). The Morgan fingerprint density at radius 2 is 2.22 bits per heavy atom. The first kappa shape index (κ1) is 14.8. The normalized spacial score (nSPS) is 12.0. The van der Waals surface area contributed by atoms with Crippen LogP contribution in [0.1, 0.15) is 24.2 Å². The summed E-state index contributed by atoms with van der Waals surface area (Å²) in [5.41, 5.74) is 0.624. The average Bonchev–Trinajstić information content (AvgIpc) is 2.38. The van der Waals surface area contributed by atoms with Gasteiger partial charge >= 0.3 is 0 Å². The third kappa shape index (κ3) is 3.91. The number of anilines is 1. The number of benzene rings is 1. The molecule has 0 radical (unpaired) electrons. The molecule has 5 heteroatoms. The summed E-state index contributed by atoms with van der Waals surface area (Å²) in [5.74, 6) is -0.645. The van der Waals surface area contributed by atoms with Gasteiger partial charge in [-0.05, 0) is 25.3 Å². The molecular formula is C13H19FN2OS. The first-order chi connectivity index (χ1) is 8.60. The SMILES string of the molecule is CCNc1c(F)cccc1C(=O)NCC(C)SC. The molecule has 1 unspecified atom stereocenters. The number of nitrogens with one attached hydrogen (secondary N) is 2. The number of carbonyl (C=O) groups excluding carboxylic acids is 1. The Labute approximate surface area is 112 Å². The number of hydrogen-bond donors (Lipinski definition) is 2. The summed E-state index contributed by atoms with van der Waals surface area (Å²) >= 11 is 1.68. The lowest BCUT2D eigenvalue weighted by atomic mass is 10.1. The second kappa shape index (κ2) is 7.26. The van der Waals surface area contributed by atoms with Gasteiger partial charge in [0.2, 0.25) is 0 Å². The number of carbonyl (C=O) groups is 1. The van der Waals surface area contributed by atoms with Crippen LogP contribution < -0.4 is 10.6 Å². The van der Waals surface area contributed by atoms with Gasteiger partial charge in [-0.3, -0.25) is 4.79 Å². The van der Waals surface area contributed by atoms with Gasteiger partial charge in [-0.1, -0.05) is 13.0 Å². The molecule has 0 aliphatic rings. The van der Waals surface area contributed by atoms with Gasteiger partial charge in [0.25, 0.3) is 5.91 Å². The van der Waals surface area contributed by atoms with Crippen molar-refractivity contribution < 1.29 is 9.18 Å². The molecule has 1 aromatic rings. The molecule has 1 atom stereocenters. The first-order valence-electron chi connectivity index (χ1n) is 5.93. The molecule has 2 N–H and O–H groups in total. The number of thioether (sulfide) groups is 1. The van der Waals surface area contributed by atoms with Gasteiger partial charge in [0, 0.05) is 18.3 Å². The van der Waals surface area contributed by atoms with E-state index < -0.39 is 5.82 Å². The smallest absolute Gasteiger partial charge is 0.253 e. The lowest BCUT2D eigenvalue weighted by molar-refractivity contribution is 0.0954. The molecule has 0 fully saturated rings. The minimum Gasteiger partial charge on any atom is -0.382 e. The van der Waals surface area contributed by atoms with Gasteiger partial charge in [-0.15, -0.1) is 0 Å². The minimum atomic E-state index is -0.401. The molecular weight excluding hydrogens is 251 g/mol. The van der Waals surface area contributed by atoms with Gasteiger partial charge in [-0.2, -0.15) is 11.8 Å². The first-order valence-corrected chi connectivity index (χ1v) is 7.22. The van der Waals surface area contributed by atoms with Crippen molar-refractivity contribution in [1.82, 2.24) is 5.32 Å². The fraction of sp³-hybridized carbons (Fsp3) is 0.462. The van der Waals surface area contributed by atoms with Crippen LogP contribution in [0.2, 0.25) is 0 Å². The highest BCUT2D eigenvalue weighted by atomic mass is 32.2. The second-order valence-electron chi connectivity index (χ2n) is 3.95. The summed E-state index contributed by atoms with van der Waals surface area (Å²) in [6.07, 6.45) is 1.99. The molecule has 0 aliphatic carbocycles. The van der Waals surface area contributed by atoms with Crippen LogP contribution in [0.25, 0.3) is 0 Å². The highest BCUT2D eigenvalue weighted by molar-refractivity contribution is 7.99. The van der Waals surface area contributed by atoms with Gasteiger partial charge in [0.15, 0.2) is 0 Å². The third-order valence-corrected chi connectivity index (χ3v) is 3.54. The molecule has 0 saturated heterocycles. The van der Waals surface area contributed by atoms with Crippen molar-refractivity contribution in [3.05, 3.63) is 29.6 Å². The lowest BCUT2D eigenvalue weighted by Crippen LogP contribution is -2.30. The molecule has 3 nitrogen and oxygen atoms in total. The van der Waals surface area contributed by atoms with Crippen molar-refractivity contribution in [2.24, 2.45) is 0 Å². The van der Waals surface area contributed by atoms with Crippen LogP contribution in [-0.2, 0) is 0 Å².